The van der Waals surface area contributed by atoms with Crippen molar-refractivity contribution in [1.82, 2.24) is 20.5 Å². The van der Waals surface area contributed by atoms with Gasteiger partial charge in [0.25, 0.3) is 0 Å². The number of aromatic amines is 1. The predicted octanol–water partition coefficient (Wildman–Crippen LogP) is 2.30. The number of hydrogen-bond donors (Lipinski definition) is 3. The summed E-state index contributed by atoms with van der Waals surface area (Å²) in [4.78, 5) is 16.1. The lowest BCUT2D eigenvalue weighted by Crippen LogP contribution is -2.31. The molecule has 2 aromatic heterocycles. The molecule has 0 fully saturated rings. The third kappa shape index (κ3) is 3.09. The number of nitrogens with one attached hydrogen (secondary N) is 3. The second-order valence-corrected chi connectivity index (χ2v) is 4.38. The second-order valence-electron chi connectivity index (χ2n) is 4.38. The number of hydrogen-bond acceptors (Lipinski definition) is 3. The minimum absolute atomic E-state index is 0.159. The zero-order chi connectivity index (χ0) is 13.8. The maximum absolute atomic E-state index is 11.9. The zero-order valence-electron chi connectivity index (χ0n) is 11.2. The molecule has 2 amide bonds. The number of H-pyrrole nitrogens is 1. The molecule has 0 aromatic carbocycles. The van der Waals surface area contributed by atoms with Crippen LogP contribution in [0.4, 0.5) is 10.5 Å². The van der Waals surface area contributed by atoms with E-state index in [0.717, 1.165) is 17.1 Å². The minimum atomic E-state index is -0.272. The maximum Gasteiger partial charge on any atom is 0.319 e. The molecule has 6 heteroatoms. The lowest BCUT2D eigenvalue weighted by molar-refractivity contribution is 0.249. The quantitative estimate of drug-likeness (QED) is 0.791. The number of aromatic nitrogens is 3. The van der Waals surface area contributed by atoms with Crippen molar-refractivity contribution in [1.29, 1.82) is 0 Å². The summed E-state index contributed by atoms with van der Waals surface area (Å²) in [6.45, 7) is 5.58. The topological polar surface area (TPSA) is 82.7 Å². The highest BCUT2D eigenvalue weighted by Crippen LogP contribution is 2.16. The van der Waals surface area contributed by atoms with Gasteiger partial charge >= 0.3 is 6.03 Å². The first-order valence-electron chi connectivity index (χ1n) is 6.08. The first-order chi connectivity index (χ1) is 9.08. The second kappa shape index (κ2) is 5.51. The molecule has 2 rings (SSSR count). The molecule has 2 heterocycles. The average Bonchev–Trinajstić information content (AvgIpc) is 2.71. The number of carbonyl (C=O) groups is 1. The van der Waals surface area contributed by atoms with E-state index in [1.165, 1.54) is 0 Å². The van der Waals surface area contributed by atoms with Crippen molar-refractivity contribution in [2.45, 2.75) is 26.8 Å². The summed E-state index contributed by atoms with van der Waals surface area (Å²) in [7, 11) is 0. The molecule has 100 valence electrons. The van der Waals surface area contributed by atoms with Crippen molar-refractivity contribution in [3.05, 3.63) is 41.5 Å². The van der Waals surface area contributed by atoms with Crippen LogP contribution in [0.25, 0.3) is 0 Å². The monoisotopic (exact) mass is 259 g/mol. The number of anilines is 1. The summed E-state index contributed by atoms with van der Waals surface area (Å²) in [6, 6.07) is 5.18. The third-order valence-corrected chi connectivity index (χ3v) is 2.85. The van der Waals surface area contributed by atoms with Gasteiger partial charge in [-0.15, -0.1) is 0 Å². The molecule has 0 aliphatic carbocycles. The number of amides is 2. The van der Waals surface area contributed by atoms with Crippen molar-refractivity contribution in [2.24, 2.45) is 0 Å². The summed E-state index contributed by atoms with van der Waals surface area (Å²) in [5, 5.41) is 12.5. The molecule has 0 saturated heterocycles. The molecular formula is C13H17N5O. The van der Waals surface area contributed by atoms with Gasteiger partial charge in [-0.2, -0.15) is 5.10 Å². The van der Waals surface area contributed by atoms with Crippen LogP contribution < -0.4 is 10.6 Å². The van der Waals surface area contributed by atoms with Gasteiger partial charge in [-0.25, -0.2) is 4.79 Å². The minimum Gasteiger partial charge on any atom is -0.330 e. The molecule has 19 heavy (non-hydrogen) atoms. The number of pyridine rings is 1. The van der Waals surface area contributed by atoms with E-state index in [1.807, 2.05) is 39.0 Å². The van der Waals surface area contributed by atoms with E-state index >= 15 is 0 Å². The highest BCUT2D eigenvalue weighted by atomic mass is 16.2. The van der Waals surface area contributed by atoms with Crippen LogP contribution >= 0.6 is 0 Å². The first-order valence-corrected chi connectivity index (χ1v) is 6.08. The van der Waals surface area contributed by atoms with E-state index < -0.39 is 0 Å². The van der Waals surface area contributed by atoms with Crippen LogP contribution in [0.3, 0.4) is 0 Å². The molecule has 0 radical (unpaired) electrons. The van der Waals surface area contributed by atoms with E-state index in [4.69, 9.17) is 0 Å². The van der Waals surface area contributed by atoms with Gasteiger partial charge in [-0.05, 0) is 32.9 Å². The molecule has 0 spiro atoms. The van der Waals surface area contributed by atoms with Crippen LogP contribution in [0.5, 0.6) is 0 Å². The molecule has 2 aromatic rings. The van der Waals surface area contributed by atoms with E-state index in [2.05, 4.69) is 25.8 Å². The first kappa shape index (κ1) is 13.1. The van der Waals surface area contributed by atoms with E-state index in [-0.39, 0.29) is 12.1 Å². The smallest absolute Gasteiger partial charge is 0.319 e. The Morgan fingerprint density at radius 3 is 2.74 bits per heavy atom. The van der Waals surface area contributed by atoms with Gasteiger partial charge in [0.15, 0.2) is 0 Å². The molecule has 0 aliphatic heterocycles. The Morgan fingerprint density at radius 1 is 1.37 bits per heavy atom. The van der Waals surface area contributed by atoms with Gasteiger partial charge < -0.3 is 10.6 Å². The Labute approximate surface area is 111 Å². The summed E-state index contributed by atoms with van der Waals surface area (Å²) in [5.41, 5.74) is 3.13. The number of nitrogens with zero attached hydrogens (tertiary/aromatic N) is 2. The van der Waals surface area contributed by atoms with Crippen LogP contribution in [-0.2, 0) is 0 Å². The molecule has 0 bridgehead atoms. The van der Waals surface area contributed by atoms with Gasteiger partial charge in [0, 0.05) is 6.20 Å². The van der Waals surface area contributed by atoms with Crippen LogP contribution in [0, 0.1) is 13.8 Å². The number of carbonyl (C=O) groups excluding carboxylic acids is 1. The van der Waals surface area contributed by atoms with E-state index in [9.17, 15) is 4.79 Å². The maximum atomic E-state index is 11.9. The lowest BCUT2D eigenvalue weighted by atomic mass is 10.2. The van der Waals surface area contributed by atoms with Gasteiger partial charge in [-0.3, -0.25) is 10.1 Å². The fraction of sp³-hybridized carbons (Fsp3) is 0.308. The highest BCUT2D eigenvalue weighted by molar-refractivity contribution is 5.90. The van der Waals surface area contributed by atoms with Gasteiger partial charge in [-0.1, -0.05) is 6.07 Å². The average molecular weight is 259 g/mol. The van der Waals surface area contributed by atoms with Crippen molar-refractivity contribution in [2.75, 3.05) is 5.32 Å². The van der Waals surface area contributed by atoms with Crippen molar-refractivity contribution in [3.63, 3.8) is 0 Å². The SMILES string of the molecule is Cc1n[nH]c(C)c1NC(=O)NC(C)c1ccccn1. The Morgan fingerprint density at radius 2 is 2.16 bits per heavy atom. The normalized spacial score (nSPS) is 11.9. The van der Waals surface area contributed by atoms with Crippen molar-refractivity contribution < 1.29 is 4.79 Å². The van der Waals surface area contributed by atoms with Gasteiger partial charge in [0.1, 0.15) is 0 Å². The van der Waals surface area contributed by atoms with E-state index in [0.29, 0.717) is 5.69 Å². The molecular weight excluding hydrogens is 242 g/mol. The van der Waals surface area contributed by atoms with Crippen LogP contribution in [-0.4, -0.2) is 21.2 Å². The van der Waals surface area contributed by atoms with E-state index in [1.54, 1.807) is 6.20 Å². The Balaban J connectivity index is 1.99. The van der Waals surface area contributed by atoms with Crippen molar-refractivity contribution in [3.8, 4) is 0 Å². The standard InChI is InChI=1S/C13H17N5O/c1-8(11-6-4-5-7-14-11)15-13(19)16-12-9(2)17-18-10(12)3/h4-8H,1-3H3,(H,17,18)(H2,15,16,19). The Bertz CT molecular complexity index is 544. The molecule has 3 N–H and O–H groups in total. The Hall–Kier alpha value is -2.37. The molecule has 1 unspecified atom stereocenters. The van der Waals surface area contributed by atoms with Gasteiger partial charge in [0.2, 0.25) is 0 Å². The van der Waals surface area contributed by atoms with Crippen LogP contribution in [0.1, 0.15) is 30.0 Å². The predicted molar refractivity (Wildman–Crippen MR) is 72.9 cm³/mol. The summed E-state index contributed by atoms with van der Waals surface area (Å²) >= 11 is 0. The molecule has 0 aliphatic rings. The summed E-state index contributed by atoms with van der Waals surface area (Å²) in [5.74, 6) is 0. The molecule has 6 nitrogen and oxygen atoms in total. The number of urea groups is 1. The fourth-order valence-electron chi connectivity index (χ4n) is 1.79. The zero-order valence-corrected chi connectivity index (χ0v) is 11.2. The number of aryl methyl sites for hydroxylation is 2. The third-order valence-electron chi connectivity index (χ3n) is 2.85. The van der Waals surface area contributed by atoms with Crippen LogP contribution in [0.2, 0.25) is 0 Å². The fourth-order valence-corrected chi connectivity index (χ4v) is 1.79. The summed E-state index contributed by atoms with van der Waals surface area (Å²) < 4.78 is 0. The Kier molecular flexibility index (Phi) is 3.79. The van der Waals surface area contributed by atoms with Crippen LogP contribution in [0.15, 0.2) is 24.4 Å². The largest absolute Gasteiger partial charge is 0.330 e. The van der Waals surface area contributed by atoms with Gasteiger partial charge in [0.05, 0.1) is 28.8 Å². The highest BCUT2D eigenvalue weighted by Gasteiger charge is 2.13. The molecule has 0 saturated carbocycles. The number of rotatable bonds is 3. The summed E-state index contributed by atoms with van der Waals surface area (Å²) in [6.07, 6.45) is 1.70. The lowest BCUT2D eigenvalue weighted by Gasteiger charge is -2.14. The molecule has 1 atom stereocenters. The van der Waals surface area contributed by atoms with Crippen molar-refractivity contribution >= 4 is 11.7 Å².